The Bertz CT molecular complexity index is 1020. The topological polar surface area (TPSA) is 43.2 Å². The Morgan fingerprint density at radius 3 is 2.86 bits per heavy atom. The van der Waals surface area contributed by atoms with Crippen LogP contribution in [0.2, 0.25) is 5.02 Å². The molecule has 1 aliphatic heterocycles. The molecule has 0 spiro atoms. The predicted octanol–water partition coefficient (Wildman–Crippen LogP) is 4.01. The number of aryl methyl sites for hydroxylation is 1. The quantitative estimate of drug-likeness (QED) is 0.613. The highest BCUT2D eigenvalue weighted by Crippen LogP contribution is 2.36. The number of imidazole rings is 1. The minimum absolute atomic E-state index is 0.272. The summed E-state index contributed by atoms with van der Waals surface area (Å²) in [4.78, 5) is 11.6. The van der Waals surface area contributed by atoms with E-state index in [-0.39, 0.29) is 6.61 Å². The molecule has 1 aromatic carbocycles. The largest absolute Gasteiger partial charge is 0.481 e. The third-order valence-corrected chi connectivity index (χ3v) is 5.63. The number of fused-ring (bicyclic) bond motifs is 1. The Morgan fingerprint density at radius 1 is 1.29 bits per heavy atom. The van der Waals surface area contributed by atoms with Crippen molar-refractivity contribution >= 4 is 22.8 Å². The van der Waals surface area contributed by atoms with Gasteiger partial charge in [0.1, 0.15) is 23.7 Å². The third-order valence-electron chi connectivity index (χ3n) is 5.40. The van der Waals surface area contributed by atoms with Crippen LogP contribution in [0, 0.1) is 12.3 Å². The molecular formula is C22H23ClN4O. The maximum absolute atomic E-state index is 6.24. The highest BCUT2D eigenvalue weighted by Gasteiger charge is 2.24. The van der Waals surface area contributed by atoms with Crippen molar-refractivity contribution in [2.75, 3.05) is 19.7 Å². The van der Waals surface area contributed by atoms with Gasteiger partial charge >= 0.3 is 0 Å². The molecule has 4 rings (SSSR count). The molecule has 6 heteroatoms. The van der Waals surface area contributed by atoms with Crippen LogP contribution in [0.4, 0.5) is 0 Å². The minimum atomic E-state index is 0.272. The molecule has 5 nitrogen and oxygen atoms in total. The molecule has 144 valence electrons. The summed E-state index contributed by atoms with van der Waals surface area (Å²) >= 11 is 6.24. The number of ether oxygens (including phenoxy) is 1. The summed E-state index contributed by atoms with van der Waals surface area (Å²) in [6.07, 6.45) is 9.26. The normalized spacial score (nSPS) is 15.6. The summed E-state index contributed by atoms with van der Waals surface area (Å²) < 4.78 is 7.83. The van der Waals surface area contributed by atoms with E-state index in [9.17, 15) is 0 Å². The van der Waals surface area contributed by atoms with E-state index in [2.05, 4.69) is 20.4 Å². The van der Waals surface area contributed by atoms with Crippen molar-refractivity contribution in [3.8, 4) is 18.1 Å². The second kappa shape index (κ2) is 8.22. The van der Waals surface area contributed by atoms with Gasteiger partial charge in [-0.1, -0.05) is 17.5 Å². The second-order valence-electron chi connectivity index (χ2n) is 7.16. The van der Waals surface area contributed by atoms with E-state index in [1.54, 1.807) is 0 Å². The van der Waals surface area contributed by atoms with Crippen LogP contribution in [-0.4, -0.2) is 39.1 Å². The molecule has 0 amide bonds. The lowest BCUT2D eigenvalue weighted by Crippen LogP contribution is -2.33. The Kier molecular flexibility index (Phi) is 5.52. The Hall–Kier alpha value is -2.55. The van der Waals surface area contributed by atoms with Crippen LogP contribution in [0.3, 0.4) is 0 Å². The summed E-state index contributed by atoms with van der Waals surface area (Å²) in [5, 5.41) is 0.734. The maximum Gasteiger partial charge on any atom is 0.159 e. The van der Waals surface area contributed by atoms with E-state index in [1.807, 2.05) is 43.6 Å². The second-order valence-corrected chi connectivity index (χ2v) is 7.59. The van der Waals surface area contributed by atoms with Gasteiger partial charge in [0.05, 0.1) is 6.54 Å². The summed E-state index contributed by atoms with van der Waals surface area (Å²) in [6, 6.07) is 9.73. The van der Waals surface area contributed by atoms with Gasteiger partial charge in [0.25, 0.3) is 0 Å². The van der Waals surface area contributed by atoms with Crippen molar-refractivity contribution in [2.45, 2.75) is 25.3 Å². The molecule has 28 heavy (non-hydrogen) atoms. The van der Waals surface area contributed by atoms with E-state index < -0.39 is 0 Å². The highest BCUT2D eigenvalue weighted by atomic mass is 35.5. The van der Waals surface area contributed by atoms with Crippen molar-refractivity contribution in [1.82, 2.24) is 19.4 Å². The summed E-state index contributed by atoms with van der Waals surface area (Å²) in [5.41, 5.74) is 3.04. The van der Waals surface area contributed by atoms with E-state index in [0.717, 1.165) is 65.8 Å². The molecule has 0 N–H and O–H groups in total. The van der Waals surface area contributed by atoms with Crippen LogP contribution < -0.4 is 4.74 Å². The molecule has 0 unspecified atom stereocenters. The molecule has 1 fully saturated rings. The maximum atomic E-state index is 6.24. The van der Waals surface area contributed by atoms with Crippen molar-refractivity contribution in [1.29, 1.82) is 0 Å². The fraction of sp³-hybridized carbons (Fsp3) is 0.364. The number of rotatable bonds is 5. The van der Waals surface area contributed by atoms with Gasteiger partial charge in [0.15, 0.2) is 5.65 Å². The van der Waals surface area contributed by atoms with Crippen molar-refractivity contribution in [2.24, 2.45) is 7.05 Å². The number of halogens is 1. The van der Waals surface area contributed by atoms with Crippen molar-refractivity contribution in [3.05, 3.63) is 52.9 Å². The number of benzene rings is 1. The number of terminal acetylenes is 1. The summed E-state index contributed by atoms with van der Waals surface area (Å²) in [6.45, 7) is 3.11. The molecule has 3 aromatic rings. The molecule has 0 atom stereocenters. The zero-order valence-electron chi connectivity index (χ0n) is 15.9. The Balaban J connectivity index is 1.44. The molecular weight excluding hydrogens is 372 g/mol. The first-order valence-electron chi connectivity index (χ1n) is 9.50. The molecule has 1 aliphatic rings. The standard InChI is InChI=1S/C22H23ClN4O/c1-3-13-28-20-7-6-17(23)14-18(20)16-8-11-27(12-9-16)15-21-25-19-5-4-10-24-22(19)26(21)2/h1,4-7,10,14,16H,8-9,11-13,15H2,2H3. The first-order chi connectivity index (χ1) is 13.7. The fourth-order valence-corrected chi connectivity index (χ4v) is 4.08. The van der Waals surface area contributed by atoms with Gasteiger partial charge in [0, 0.05) is 18.3 Å². The summed E-state index contributed by atoms with van der Waals surface area (Å²) in [5.74, 6) is 4.85. The monoisotopic (exact) mass is 394 g/mol. The number of hydrogen-bond acceptors (Lipinski definition) is 4. The van der Waals surface area contributed by atoms with Crippen LogP contribution in [0.15, 0.2) is 36.5 Å². The Morgan fingerprint density at radius 2 is 2.11 bits per heavy atom. The molecule has 0 bridgehead atoms. The van der Waals surface area contributed by atoms with Crippen molar-refractivity contribution in [3.63, 3.8) is 0 Å². The minimum Gasteiger partial charge on any atom is -0.481 e. The lowest BCUT2D eigenvalue weighted by Gasteiger charge is -2.32. The van der Waals surface area contributed by atoms with Crippen LogP contribution in [0.1, 0.15) is 30.1 Å². The molecule has 0 saturated carbocycles. The van der Waals surface area contributed by atoms with Gasteiger partial charge in [-0.2, -0.15) is 0 Å². The molecule has 3 heterocycles. The highest BCUT2D eigenvalue weighted by molar-refractivity contribution is 6.30. The number of pyridine rings is 1. The number of nitrogens with zero attached hydrogens (tertiary/aromatic N) is 4. The average molecular weight is 395 g/mol. The molecule has 1 saturated heterocycles. The molecule has 0 radical (unpaired) electrons. The smallest absolute Gasteiger partial charge is 0.159 e. The van der Waals surface area contributed by atoms with Gasteiger partial charge in [-0.3, -0.25) is 4.90 Å². The van der Waals surface area contributed by atoms with Gasteiger partial charge in [-0.15, -0.1) is 6.42 Å². The van der Waals surface area contributed by atoms with Crippen LogP contribution in [0.5, 0.6) is 5.75 Å². The van der Waals surface area contributed by atoms with Gasteiger partial charge in [0.2, 0.25) is 0 Å². The van der Waals surface area contributed by atoms with Crippen LogP contribution in [-0.2, 0) is 13.6 Å². The lowest BCUT2D eigenvalue weighted by molar-refractivity contribution is 0.197. The van der Waals surface area contributed by atoms with Gasteiger partial charge in [-0.25, -0.2) is 9.97 Å². The van der Waals surface area contributed by atoms with Gasteiger partial charge < -0.3 is 9.30 Å². The fourth-order valence-electron chi connectivity index (χ4n) is 3.90. The first kappa shape index (κ1) is 18.8. The number of likely N-dealkylation sites (tertiary alicyclic amines) is 1. The van der Waals surface area contributed by atoms with Crippen LogP contribution in [0.25, 0.3) is 11.2 Å². The molecule has 0 aliphatic carbocycles. The lowest BCUT2D eigenvalue weighted by atomic mass is 9.89. The average Bonchev–Trinajstić information content (AvgIpc) is 3.03. The number of aromatic nitrogens is 3. The number of hydrogen-bond donors (Lipinski definition) is 0. The van der Waals surface area contributed by atoms with Crippen molar-refractivity contribution < 1.29 is 4.74 Å². The van der Waals surface area contributed by atoms with Gasteiger partial charge in [-0.05, 0) is 67.7 Å². The number of piperidine rings is 1. The Labute approximate surface area is 170 Å². The predicted molar refractivity (Wildman–Crippen MR) is 112 cm³/mol. The van der Waals surface area contributed by atoms with E-state index >= 15 is 0 Å². The van der Waals surface area contributed by atoms with E-state index in [4.69, 9.17) is 27.7 Å². The van der Waals surface area contributed by atoms with E-state index in [1.165, 1.54) is 0 Å². The summed E-state index contributed by atoms with van der Waals surface area (Å²) in [7, 11) is 2.03. The third kappa shape index (κ3) is 3.84. The zero-order chi connectivity index (χ0) is 19.5. The first-order valence-corrected chi connectivity index (χ1v) is 9.88. The van der Waals surface area contributed by atoms with Crippen LogP contribution >= 0.6 is 11.6 Å². The zero-order valence-corrected chi connectivity index (χ0v) is 16.7. The van der Waals surface area contributed by atoms with E-state index in [0.29, 0.717) is 5.92 Å². The molecule has 2 aromatic heterocycles. The SMILES string of the molecule is C#CCOc1ccc(Cl)cc1C1CCN(Cc2nc3cccnc3n2C)CC1.